The van der Waals surface area contributed by atoms with Crippen LogP contribution < -0.4 is 0 Å². The third-order valence-corrected chi connectivity index (χ3v) is 1.98. The molecule has 0 spiro atoms. The van der Waals surface area contributed by atoms with Crippen molar-refractivity contribution in [2.75, 3.05) is 0 Å². The average molecular weight is 140 g/mol. The Kier molecular flexibility index (Phi) is 1.08. The van der Waals surface area contributed by atoms with E-state index in [9.17, 15) is 4.79 Å². The highest BCUT2D eigenvalue weighted by atomic mass is 16.6. The number of rotatable bonds is 0. The molecule has 0 unspecified atom stereocenters. The molecule has 0 radical (unpaired) electrons. The van der Waals surface area contributed by atoms with Crippen LogP contribution in [-0.2, 0) is 9.53 Å². The second-order valence-corrected chi connectivity index (χ2v) is 2.70. The Morgan fingerprint density at radius 3 is 3.10 bits per heavy atom. The molecule has 1 fully saturated rings. The summed E-state index contributed by atoms with van der Waals surface area (Å²) in [6.07, 6.45) is 3.10. The van der Waals surface area contributed by atoms with Crippen molar-refractivity contribution >= 4 is 5.97 Å². The zero-order valence-electron chi connectivity index (χ0n) is 5.36. The Hall–Kier alpha value is -0.830. The topological polar surface area (TPSA) is 46.5 Å². The molecular formula is C7H8O3. The highest BCUT2D eigenvalue weighted by Crippen LogP contribution is 2.31. The van der Waals surface area contributed by atoms with Gasteiger partial charge in [-0.3, -0.25) is 4.79 Å². The Morgan fingerprint density at radius 1 is 1.60 bits per heavy atom. The first-order valence-corrected chi connectivity index (χ1v) is 3.33. The molecule has 1 heterocycles. The molecule has 3 nitrogen and oxygen atoms in total. The summed E-state index contributed by atoms with van der Waals surface area (Å²) in [6.45, 7) is 0. The molecule has 0 aromatic rings. The fourth-order valence-corrected chi connectivity index (χ4v) is 1.46. The Labute approximate surface area is 58.3 Å². The van der Waals surface area contributed by atoms with Gasteiger partial charge < -0.3 is 9.84 Å². The molecule has 0 aromatic carbocycles. The molecule has 0 bridgehead atoms. The van der Waals surface area contributed by atoms with E-state index in [1.54, 1.807) is 6.08 Å². The quantitative estimate of drug-likeness (QED) is 0.376. The van der Waals surface area contributed by atoms with Crippen LogP contribution in [0.4, 0.5) is 0 Å². The standard InChI is InChI=1S/C7H8O3/c8-5-2-1-4-3-6(9)10-7(4)5/h1-2,4-5,7-8H,3H2/t4-,5+,7+/m1/s1. The minimum absolute atomic E-state index is 0.127. The van der Waals surface area contributed by atoms with Crippen LogP contribution in [0.3, 0.4) is 0 Å². The highest BCUT2D eigenvalue weighted by molar-refractivity contribution is 5.73. The molecule has 3 heteroatoms. The zero-order chi connectivity index (χ0) is 7.14. The van der Waals surface area contributed by atoms with Gasteiger partial charge in [-0.05, 0) is 0 Å². The Bertz CT molecular complexity index is 197. The number of carbonyl (C=O) groups excluding carboxylic acids is 1. The first-order chi connectivity index (χ1) is 4.77. The summed E-state index contributed by atoms with van der Waals surface area (Å²) < 4.78 is 4.85. The number of aliphatic hydroxyl groups is 1. The molecule has 1 aliphatic carbocycles. The first kappa shape index (κ1) is 5.92. The third-order valence-electron chi connectivity index (χ3n) is 1.98. The van der Waals surface area contributed by atoms with Crippen LogP contribution in [0, 0.1) is 5.92 Å². The van der Waals surface area contributed by atoms with Crippen molar-refractivity contribution in [1.82, 2.24) is 0 Å². The van der Waals surface area contributed by atoms with E-state index in [0.29, 0.717) is 6.42 Å². The summed E-state index contributed by atoms with van der Waals surface area (Å²) in [5.74, 6) is -0.0686. The van der Waals surface area contributed by atoms with Crippen molar-refractivity contribution in [2.24, 2.45) is 5.92 Å². The van der Waals surface area contributed by atoms with Gasteiger partial charge in [0.1, 0.15) is 12.2 Å². The maximum atomic E-state index is 10.6. The molecule has 2 rings (SSSR count). The van der Waals surface area contributed by atoms with Crippen LogP contribution in [0.1, 0.15) is 6.42 Å². The highest BCUT2D eigenvalue weighted by Gasteiger charge is 2.40. The van der Waals surface area contributed by atoms with E-state index in [1.165, 1.54) is 0 Å². The van der Waals surface area contributed by atoms with E-state index in [1.807, 2.05) is 6.08 Å². The van der Waals surface area contributed by atoms with Gasteiger partial charge in [-0.1, -0.05) is 12.2 Å². The lowest BCUT2D eigenvalue weighted by Crippen LogP contribution is -2.23. The van der Waals surface area contributed by atoms with Gasteiger partial charge in [0.05, 0.1) is 6.42 Å². The van der Waals surface area contributed by atoms with Crippen LogP contribution >= 0.6 is 0 Å². The lowest BCUT2D eigenvalue weighted by atomic mass is 10.1. The summed E-state index contributed by atoms with van der Waals surface area (Å²) in [5, 5.41) is 9.15. The molecule has 10 heavy (non-hydrogen) atoms. The number of aliphatic hydroxyl groups excluding tert-OH is 1. The fraction of sp³-hybridized carbons (Fsp3) is 0.571. The van der Waals surface area contributed by atoms with Crippen molar-refractivity contribution in [3.63, 3.8) is 0 Å². The molecule has 2 aliphatic rings. The largest absolute Gasteiger partial charge is 0.459 e. The number of carbonyl (C=O) groups is 1. The predicted octanol–water partition coefficient (Wildman–Crippen LogP) is -0.151. The molecule has 54 valence electrons. The van der Waals surface area contributed by atoms with Crippen molar-refractivity contribution in [3.8, 4) is 0 Å². The normalized spacial score (nSPS) is 43.7. The molecule has 1 aliphatic heterocycles. The van der Waals surface area contributed by atoms with E-state index >= 15 is 0 Å². The van der Waals surface area contributed by atoms with Crippen molar-refractivity contribution in [1.29, 1.82) is 0 Å². The van der Waals surface area contributed by atoms with Gasteiger partial charge in [-0.2, -0.15) is 0 Å². The van der Waals surface area contributed by atoms with Crippen molar-refractivity contribution < 1.29 is 14.6 Å². The molecule has 1 N–H and O–H groups in total. The van der Waals surface area contributed by atoms with Crippen molar-refractivity contribution in [3.05, 3.63) is 12.2 Å². The summed E-state index contributed by atoms with van der Waals surface area (Å²) in [6, 6.07) is 0. The SMILES string of the molecule is O=C1C[C@H]2C=C[C@H](O)[C@H]2O1. The van der Waals surface area contributed by atoms with Crippen LogP contribution in [0.5, 0.6) is 0 Å². The molecule has 1 saturated heterocycles. The second-order valence-electron chi connectivity index (χ2n) is 2.70. The summed E-state index contributed by atoms with van der Waals surface area (Å²) in [7, 11) is 0. The number of hydrogen-bond donors (Lipinski definition) is 1. The average Bonchev–Trinajstić information content (AvgIpc) is 2.35. The zero-order valence-corrected chi connectivity index (χ0v) is 5.36. The van der Waals surface area contributed by atoms with E-state index in [4.69, 9.17) is 9.84 Å². The van der Waals surface area contributed by atoms with Crippen LogP contribution in [-0.4, -0.2) is 23.3 Å². The van der Waals surface area contributed by atoms with Crippen LogP contribution in [0.15, 0.2) is 12.2 Å². The summed E-state index contributed by atoms with van der Waals surface area (Å²) in [5.41, 5.74) is 0. The van der Waals surface area contributed by atoms with Gasteiger partial charge >= 0.3 is 5.97 Å². The van der Waals surface area contributed by atoms with E-state index < -0.39 is 6.10 Å². The second kappa shape index (κ2) is 1.83. The van der Waals surface area contributed by atoms with Gasteiger partial charge in [0.2, 0.25) is 0 Å². The minimum atomic E-state index is -0.573. The van der Waals surface area contributed by atoms with Gasteiger partial charge in [-0.25, -0.2) is 0 Å². The number of ether oxygens (including phenoxy) is 1. The Morgan fingerprint density at radius 2 is 2.40 bits per heavy atom. The van der Waals surface area contributed by atoms with E-state index in [0.717, 1.165) is 0 Å². The van der Waals surface area contributed by atoms with Gasteiger partial charge in [0, 0.05) is 5.92 Å². The lowest BCUT2D eigenvalue weighted by molar-refractivity contribution is -0.144. The van der Waals surface area contributed by atoms with Gasteiger partial charge in [0.15, 0.2) is 0 Å². The van der Waals surface area contributed by atoms with Crippen molar-refractivity contribution in [2.45, 2.75) is 18.6 Å². The molecular weight excluding hydrogens is 132 g/mol. The monoisotopic (exact) mass is 140 g/mol. The fourth-order valence-electron chi connectivity index (χ4n) is 1.46. The van der Waals surface area contributed by atoms with E-state index in [-0.39, 0.29) is 18.0 Å². The summed E-state index contributed by atoms with van der Waals surface area (Å²) >= 11 is 0. The maximum absolute atomic E-state index is 10.6. The van der Waals surface area contributed by atoms with Gasteiger partial charge in [-0.15, -0.1) is 0 Å². The summed E-state index contributed by atoms with van der Waals surface area (Å²) in [4.78, 5) is 10.6. The minimum Gasteiger partial charge on any atom is -0.459 e. The van der Waals surface area contributed by atoms with Crippen LogP contribution in [0.25, 0.3) is 0 Å². The molecule has 0 aromatic heterocycles. The lowest BCUT2D eigenvalue weighted by Gasteiger charge is -2.10. The molecule has 3 atom stereocenters. The molecule has 0 saturated carbocycles. The predicted molar refractivity (Wildman–Crippen MR) is 33.1 cm³/mol. The van der Waals surface area contributed by atoms with Crippen LogP contribution in [0.2, 0.25) is 0 Å². The molecule has 0 amide bonds. The van der Waals surface area contributed by atoms with Gasteiger partial charge in [0.25, 0.3) is 0 Å². The van der Waals surface area contributed by atoms with E-state index in [2.05, 4.69) is 0 Å². The third kappa shape index (κ3) is 0.671. The Balaban J connectivity index is 2.19. The maximum Gasteiger partial charge on any atom is 0.306 e. The number of fused-ring (bicyclic) bond motifs is 1. The first-order valence-electron chi connectivity index (χ1n) is 3.33. The smallest absolute Gasteiger partial charge is 0.306 e. The number of hydrogen-bond acceptors (Lipinski definition) is 3. The number of esters is 1.